The SMILES string of the molecule is COC(=O)NC1(C(=O)OC(C)(C)C)C=CC(N)=CC1. The summed E-state index contributed by atoms with van der Waals surface area (Å²) in [5.41, 5.74) is 4.23. The van der Waals surface area contributed by atoms with Crippen LogP contribution in [0.1, 0.15) is 27.2 Å². The number of esters is 1. The molecule has 1 aliphatic rings. The number of allylic oxidation sites excluding steroid dienone is 1. The molecular formula is C13H20N2O4. The summed E-state index contributed by atoms with van der Waals surface area (Å²) in [6.07, 6.45) is 4.25. The molecule has 0 fully saturated rings. The van der Waals surface area contributed by atoms with Gasteiger partial charge in [-0.3, -0.25) is 0 Å². The Balaban J connectivity index is 2.97. The summed E-state index contributed by atoms with van der Waals surface area (Å²) in [4.78, 5) is 23.7. The molecule has 0 bridgehead atoms. The van der Waals surface area contributed by atoms with Gasteiger partial charge in [-0.25, -0.2) is 9.59 Å². The van der Waals surface area contributed by atoms with Gasteiger partial charge in [-0.2, -0.15) is 0 Å². The van der Waals surface area contributed by atoms with Crippen molar-refractivity contribution >= 4 is 12.1 Å². The van der Waals surface area contributed by atoms with Crippen LogP contribution in [0.3, 0.4) is 0 Å². The first kappa shape index (κ1) is 15.1. The van der Waals surface area contributed by atoms with Crippen molar-refractivity contribution in [2.45, 2.75) is 38.3 Å². The highest BCUT2D eigenvalue weighted by atomic mass is 16.6. The van der Waals surface area contributed by atoms with E-state index in [0.717, 1.165) is 0 Å². The molecule has 0 saturated carbocycles. The lowest BCUT2D eigenvalue weighted by molar-refractivity contribution is -0.160. The van der Waals surface area contributed by atoms with E-state index in [-0.39, 0.29) is 6.42 Å². The van der Waals surface area contributed by atoms with Crippen LogP contribution in [0.5, 0.6) is 0 Å². The topological polar surface area (TPSA) is 90.6 Å². The first-order valence-corrected chi connectivity index (χ1v) is 5.93. The Hall–Kier alpha value is -1.98. The summed E-state index contributed by atoms with van der Waals surface area (Å²) in [5.74, 6) is -0.551. The molecule has 0 aromatic heterocycles. The average molecular weight is 268 g/mol. The van der Waals surface area contributed by atoms with E-state index in [9.17, 15) is 9.59 Å². The number of rotatable bonds is 2. The molecule has 19 heavy (non-hydrogen) atoms. The molecule has 106 valence electrons. The van der Waals surface area contributed by atoms with E-state index < -0.39 is 23.2 Å². The number of nitrogens with two attached hydrogens (primary N) is 1. The Morgan fingerprint density at radius 3 is 2.47 bits per heavy atom. The standard InChI is InChI=1S/C13H20N2O4/c1-12(2,3)19-10(16)13(15-11(17)18-4)7-5-9(14)6-8-13/h5-7H,8,14H2,1-4H3,(H,15,17). The number of carbonyl (C=O) groups excluding carboxylic acids is 2. The fourth-order valence-corrected chi connectivity index (χ4v) is 1.55. The van der Waals surface area contributed by atoms with Gasteiger partial charge in [-0.05, 0) is 32.9 Å². The number of hydrogen-bond donors (Lipinski definition) is 2. The molecule has 1 unspecified atom stereocenters. The van der Waals surface area contributed by atoms with Crippen LogP contribution in [0.2, 0.25) is 0 Å². The lowest BCUT2D eigenvalue weighted by atomic mass is 9.90. The predicted octanol–water partition coefficient (Wildman–Crippen LogP) is 1.23. The van der Waals surface area contributed by atoms with E-state index in [0.29, 0.717) is 5.70 Å². The number of ether oxygens (including phenoxy) is 2. The van der Waals surface area contributed by atoms with E-state index in [4.69, 9.17) is 10.5 Å². The first-order valence-electron chi connectivity index (χ1n) is 5.93. The fraction of sp³-hybridized carbons (Fsp3) is 0.538. The van der Waals surface area contributed by atoms with Crippen LogP contribution in [0, 0.1) is 0 Å². The summed E-state index contributed by atoms with van der Waals surface area (Å²) in [7, 11) is 1.23. The lowest BCUT2D eigenvalue weighted by Gasteiger charge is -2.33. The molecule has 0 heterocycles. The zero-order chi connectivity index (χ0) is 14.7. The summed E-state index contributed by atoms with van der Waals surface area (Å²) >= 11 is 0. The van der Waals surface area contributed by atoms with Gasteiger partial charge in [0.1, 0.15) is 5.60 Å². The highest BCUT2D eigenvalue weighted by Crippen LogP contribution is 2.24. The minimum absolute atomic E-state index is 0.222. The van der Waals surface area contributed by atoms with Gasteiger partial charge in [0.05, 0.1) is 7.11 Å². The Morgan fingerprint density at radius 2 is 2.05 bits per heavy atom. The van der Waals surface area contributed by atoms with Crippen LogP contribution in [-0.4, -0.2) is 30.3 Å². The number of carbonyl (C=O) groups is 2. The molecule has 3 N–H and O–H groups in total. The van der Waals surface area contributed by atoms with Crippen LogP contribution in [0.4, 0.5) is 4.79 Å². The number of amides is 1. The second-order valence-electron chi connectivity index (χ2n) is 5.33. The van der Waals surface area contributed by atoms with Crippen molar-refractivity contribution in [2.24, 2.45) is 5.73 Å². The molecule has 1 rings (SSSR count). The summed E-state index contributed by atoms with van der Waals surface area (Å²) < 4.78 is 9.87. The molecule has 0 aliphatic heterocycles. The third-order valence-electron chi connectivity index (χ3n) is 2.49. The third-order valence-corrected chi connectivity index (χ3v) is 2.49. The highest BCUT2D eigenvalue weighted by molar-refractivity contribution is 5.89. The molecule has 1 aliphatic carbocycles. The van der Waals surface area contributed by atoms with Crippen molar-refractivity contribution in [3.05, 3.63) is 23.9 Å². The number of alkyl carbamates (subject to hydrolysis) is 1. The normalized spacial score (nSPS) is 22.4. The van der Waals surface area contributed by atoms with Crippen molar-refractivity contribution in [1.29, 1.82) is 0 Å². The Labute approximate surface area is 112 Å². The molecule has 0 aromatic carbocycles. The predicted molar refractivity (Wildman–Crippen MR) is 70.1 cm³/mol. The molecule has 1 amide bonds. The first-order chi connectivity index (χ1) is 8.68. The average Bonchev–Trinajstić information content (AvgIpc) is 2.30. The van der Waals surface area contributed by atoms with Gasteiger partial charge in [0.2, 0.25) is 0 Å². The largest absolute Gasteiger partial charge is 0.458 e. The maximum absolute atomic E-state index is 12.3. The monoisotopic (exact) mass is 268 g/mol. The molecule has 6 heteroatoms. The van der Waals surface area contributed by atoms with E-state index in [1.54, 1.807) is 32.9 Å². The molecule has 6 nitrogen and oxygen atoms in total. The second-order valence-corrected chi connectivity index (χ2v) is 5.33. The van der Waals surface area contributed by atoms with E-state index >= 15 is 0 Å². The number of hydrogen-bond acceptors (Lipinski definition) is 5. The van der Waals surface area contributed by atoms with Crippen LogP contribution in [-0.2, 0) is 14.3 Å². The van der Waals surface area contributed by atoms with Gasteiger partial charge in [0, 0.05) is 12.1 Å². The van der Waals surface area contributed by atoms with Gasteiger partial charge in [-0.1, -0.05) is 6.08 Å². The Kier molecular flexibility index (Phi) is 4.24. The van der Waals surface area contributed by atoms with Gasteiger partial charge in [0.15, 0.2) is 5.54 Å². The molecular weight excluding hydrogens is 248 g/mol. The minimum Gasteiger partial charge on any atom is -0.458 e. The minimum atomic E-state index is -1.27. The number of methoxy groups -OCH3 is 1. The molecule has 0 spiro atoms. The van der Waals surface area contributed by atoms with Crippen molar-refractivity contribution in [1.82, 2.24) is 5.32 Å². The zero-order valence-electron chi connectivity index (χ0n) is 11.6. The summed E-state index contributed by atoms with van der Waals surface area (Å²) in [6, 6.07) is 0. The number of nitrogens with one attached hydrogen (secondary N) is 1. The summed E-state index contributed by atoms with van der Waals surface area (Å²) in [5, 5.41) is 2.50. The highest BCUT2D eigenvalue weighted by Gasteiger charge is 2.41. The van der Waals surface area contributed by atoms with Gasteiger partial charge in [0.25, 0.3) is 0 Å². The molecule has 0 saturated heterocycles. The van der Waals surface area contributed by atoms with Gasteiger partial charge < -0.3 is 20.5 Å². The van der Waals surface area contributed by atoms with Crippen molar-refractivity contribution in [3.63, 3.8) is 0 Å². The molecule has 0 radical (unpaired) electrons. The van der Waals surface area contributed by atoms with Crippen LogP contribution >= 0.6 is 0 Å². The summed E-state index contributed by atoms with van der Waals surface area (Å²) in [6.45, 7) is 5.27. The van der Waals surface area contributed by atoms with Crippen molar-refractivity contribution in [2.75, 3.05) is 7.11 Å². The van der Waals surface area contributed by atoms with Crippen LogP contribution in [0.25, 0.3) is 0 Å². The maximum Gasteiger partial charge on any atom is 0.408 e. The van der Waals surface area contributed by atoms with Crippen LogP contribution in [0.15, 0.2) is 23.9 Å². The van der Waals surface area contributed by atoms with Crippen molar-refractivity contribution < 1.29 is 19.1 Å². The maximum atomic E-state index is 12.3. The zero-order valence-corrected chi connectivity index (χ0v) is 11.6. The Morgan fingerprint density at radius 1 is 1.42 bits per heavy atom. The second kappa shape index (κ2) is 5.34. The van der Waals surface area contributed by atoms with Crippen LogP contribution < -0.4 is 11.1 Å². The van der Waals surface area contributed by atoms with Gasteiger partial charge >= 0.3 is 12.1 Å². The molecule has 1 atom stereocenters. The van der Waals surface area contributed by atoms with E-state index in [2.05, 4.69) is 10.1 Å². The van der Waals surface area contributed by atoms with Crippen molar-refractivity contribution in [3.8, 4) is 0 Å². The smallest absolute Gasteiger partial charge is 0.408 e. The third kappa shape index (κ3) is 4.01. The van der Waals surface area contributed by atoms with E-state index in [1.165, 1.54) is 13.2 Å². The lowest BCUT2D eigenvalue weighted by Crippen LogP contribution is -2.55. The molecule has 0 aromatic rings. The van der Waals surface area contributed by atoms with E-state index in [1.807, 2.05) is 0 Å². The van der Waals surface area contributed by atoms with Gasteiger partial charge in [-0.15, -0.1) is 0 Å². The quantitative estimate of drug-likeness (QED) is 0.735. The fourth-order valence-electron chi connectivity index (χ4n) is 1.55. The Bertz CT molecular complexity index is 434.